The van der Waals surface area contributed by atoms with Crippen LogP contribution >= 0.6 is 35.6 Å². The molecule has 114 valence electrons. The maximum Gasteiger partial charge on any atom is 0.243 e. The summed E-state index contributed by atoms with van der Waals surface area (Å²) < 4.78 is 26.4. The van der Waals surface area contributed by atoms with E-state index in [2.05, 4.69) is 0 Å². The van der Waals surface area contributed by atoms with E-state index >= 15 is 0 Å². The van der Waals surface area contributed by atoms with Crippen molar-refractivity contribution in [1.82, 2.24) is 4.31 Å². The van der Waals surface area contributed by atoms with Crippen LogP contribution in [0.3, 0.4) is 0 Å². The van der Waals surface area contributed by atoms with Gasteiger partial charge in [0, 0.05) is 23.1 Å². The van der Waals surface area contributed by atoms with Gasteiger partial charge in [-0.1, -0.05) is 23.2 Å². The molecule has 8 heteroatoms. The lowest BCUT2D eigenvalue weighted by molar-refractivity contribution is 0.459. The van der Waals surface area contributed by atoms with E-state index in [9.17, 15) is 8.42 Å². The summed E-state index contributed by atoms with van der Waals surface area (Å²) in [5, 5.41) is 0.723. The van der Waals surface area contributed by atoms with Gasteiger partial charge < -0.3 is 5.73 Å². The third-order valence-corrected chi connectivity index (χ3v) is 6.10. The van der Waals surface area contributed by atoms with Crippen LogP contribution in [0.1, 0.15) is 12.0 Å². The first kappa shape index (κ1) is 18.0. The highest BCUT2D eigenvalue weighted by Crippen LogP contribution is 2.31. The molecule has 0 aromatic heterocycles. The van der Waals surface area contributed by atoms with Crippen LogP contribution in [0.5, 0.6) is 0 Å². The first-order chi connectivity index (χ1) is 8.86. The van der Waals surface area contributed by atoms with Crippen molar-refractivity contribution in [3.63, 3.8) is 0 Å². The summed E-state index contributed by atoms with van der Waals surface area (Å²) in [7, 11) is -3.53. The number of hydrogen-bond donors (Lipinski definition) is 1. The number of sulfonamides is 1. The minimum atomic E-state index is -3.53. The summed E-state index contributed by atoms with van der Waals surface area (Å²) in [5.74, 6) is 0.228. The van der Waals surface area contributed by atoms with Crippen molar-refractivity contribution in [3.05, 3.63) is 27.7 Å². The molecular formula is C12H17Cl3N2O2S. The predicted molar refractivity (Wildman–Crippen MR) is 84.4 cm³/mol. The Labute approximate surface area is 135 Å². The molecule has 2 N–H and O–H groups in total. The number of nitrogens with two attached hydrogens (primary N) is 1. The highest BCUT2D eigenvalue weighted by Gasteiger charge is 2.32. The Morgan fingerprint density at radius 1 is 1.35 bits per heavy atom. The molecule has 1 aliphatic heterocycles. The Balaban J connectivity index is 0.00000200. The maximum atomic E-state index is 12.5. The van der Waals surface area contributed by atoms with Crippen molar-refractivity contribution < 1.29 is 8.42 Å². The van der Waals surface area contributed by atoms with Crippen molar-refractivity contribution >= 4 is 45.6 Å². The van der Waals surface area contributed by atoms with Gasteiger partial charge in [0.15, 0.2) is 0 Å². The zero-order valence-corrected chi connectivity index (χ0v) is 14.1. The van der Waals surface area contributed by atoms with Gasteiger partial charge in [-0.05, 0) is 43.5 Å². The molecule has 0 radical (unpaired) electrons. The highest BCUT2D eigenvalue weighted by atomic mass is 35.5. The van der Waals surface area contributed by atoms with Gasteiger partial charge in [0.1, 0.15) is 0 Å². The molecule has 0 amide bonds. The van der Waals surface area contributed by atoms with Crippen molar-refractivity contribution in [2.24, 2.45) is 11.7 Å². The van der Waals surface area contributed by atoms with Crippen LogP contribution in [-0.2, 0) is 10.0 Å². The quantitative estimate of drug-likeness (QED) is 0.902. The summed E-state index contributed by atoms with van der Waals surface area (Å²) in [6.45, 7) is 3.21. The second-order valence-electron chi connectivity index (χ2n) is 4.77. The molecule has 0 aliphatic carbocycles. The molecule has 4 nitrogen and oxygen atoms in total. The van der Waals surface area contributed by atoms with Crippen LogP contribution in [0.2, 0.25) is 10.0 Å². The molecule has 0 saturated carbocycles. The minimum absolute atomic E-state index is 0. The van der Waals surface area contributed by atoms with E-state index in [0.717, 1.165) is 6.42 Å². The van der Waals surface area contributed by atoms with E-state index < -0.39 is 10.0 Å². The van der Waals surface area contributed by atoms with Gasteiger partial charge in [0.05, 0.1) is 4.90 Å². The van der Waals surface area contributed by atoms with Crippen molar-refractivity contribution in [1.29, 1.82) is 0 Å². The van der Waals surface area contributed by atoms with Crippen LogP contribution in [0.25, 0.3) is 0 Å². The SMILES string of the molecule is Cc1c(Cl)cc(S(=O)(=O)N2CCC(CN)C2)cc1Cl.Cl. The lowest BCUT2D eigenvalue weighted by Gasteiger charge is -2.17. The molecule has 2 rings (SSSR count). The summed E-state index contributed by atoms with van der Waals surface area (Å²) in [5.41, 5.74) is 6.27. The number of hydrogen-bond acceptors (Lipinski definition) is 3. The second-order valence-corrected chi connectivity index (χ2v) is 7.52. The Morgan fingerprint density at radius 3 is 2.35 bits per heavy atom. The first-order valence-electron chi connectivity index (χ1n) is 6.02. The minimum Gasteiger partial charge on any atom is -0.330 e. The largest absolute Gasteiger partial charge is 0.330 e. The molecule has 1 unspecified atom stereocenters. The summed E-state index contributed by atoms with van der Waals surface area (Å²) in [6, 6.07) is 2.90. The van der Waals surface area contributed by atoms with E-state index in [1.165, 1.54) is 16.4 Å². The number of halogens is 3. The molecule has 1 atom stereocenters. The number of rotatable bonds is 3. The summed E-state index contributed by atoms with van der Waals surface area (Å²) in [6.07, 6.45) is 0.795. The third kappa shape index (κ3) is 3.40. The van der Waals surface area contributed by atoms with E-state index in [0.29, 0.717) is 35.2 Å². The fourth-order valence-electron chi connectivity index (χ4n) is 2.13. The second kappa shape index (κ2) is 6.81. The average molecular weight is 360 g/mol. The summed E-state index contributed by atoms with van der Waals surface area (Å²) >= 11 is 12.0. The molecule has 1 aromatic carbocycles. The van der Waals surface area contributed by atoms with E-state index in [-0.39, 0.29) is 23.2 Å². The molecule has 0 spiro atoms. The molecule has 0 bridgehead atoms. The molecule has 1 aliphatic rings. The van der Waals surface area contributed by atoms with Gasteiger partial charge in [-0.2, -0.15) is 4.31 Å². The van der Waals surface area contributed by atoms with Gasteiger partial charge in [0.2, 0.25) is 10.0 Å². The smallest absolute Gasteiger partial charge is 0.243 e. The van der Waals surface area contributed by atoms with Crippen LogP contribution in [0, 0.1) is 12.8 Å². The van der Waals surface area contributed by atoms with E-state index in [1.54, 1.807) is 6.92 Å². The van der Waals surface area contributed by atoms with Gasteiger partial charge in [-0.25, -0.2) is 8.42 Å². The van der Waals surface area contributed by atoms with Crippen molar-refractivity contribution in [2.45, 2.75) is 18.2 Å². The molecular weight excluding hydrogens is 343 g/mol. The Bertz CT molecular complexity index is 569. The normalized spacial score (nSPS) is 19.9. The topological polar surface area (TPSA) is 63.4 Å². The number of benzene rings is 1. The van der Waals surface area contributed by atoms with Gasteiger partial charge in [0.25, 0.3) is 0 Å². The maximum absolute atomic E-state index is 12.5. The zero-order chi connectivity index (χ0) is 14.2. The van der Waals surface area contributed by atoms with Crippen LogP contribution < -0.4 is 5.73 Å². The van der Waals surface area contributed by atoms with Crippen LogP contribution in [-0.4, -0.2) is 32.4 Å². The lowest BCUT2D eigenvalue weighted by atomic mass is 10.1. The standard InChI is InChI=1S/C12H16Cl2N2O2S.ClH/c1-8-11(13)4-10(5-12(8)14)19(17,18)16-3-2-9(6-15)7-16;/h4-5,9H,2-3,6-7,15H2,1H3;1H. The average Bonchev–Trinajstić information content (AvgIpc) is 2.84. The lowest BCUT2D eigenvalue weighted by Crippen LogP contribution is -2.30. The molecule has 1 heterocycles. The fourth-order valence-corrected chi connectivity index (χ4v) is 4.33. The molecule has 1 fully saturated rings. The molecule has 20 heavy (non-hydrogen) atoms. The fraction of sp³-hybridized carbons (Fsp3) is 0.500. The van der Waals surface area contributed by atoms with Crippen LogP contribution in [0.4, 0.5) is 0 Å². The van der Waals surface area contributed by atoms with Crippen LogP contribution in [0.15, 0.2) is 17.0 Å². The molecule has 1 aromatic rings. The van der Waals surface area contributed by atoms with Gasteiger partial charge >= 0.3 is 0 Å². The monoisotopic (exact) mass is 358 g/mol. The Kier molecular flexibility index (Phi) is 6.14. The van der Waals surface area contributed by atoms with Gasteiger partial charge in [-0.15, -0.1) is 12.4 Å². The van der Waals surface area contributed by atoms with E-state index in [1.807, 2.05) is 0 Å². The highest BCUT2D eigenvalue weighted by molar-refractivity contribution is 7.89. The first-order valence-corrected chi connectivity index (χ1v) is 8.21. The third-order valence-electron chi connectivity index (χ3n) is 3.47. The summed E-state index contributed by atoms with van der Waals surface area (Å²) in [4.78, 5) is 0.144. The van der Waals surface area contributed by atoms with Crippen molar-refractivity contribution in [2.75, 3.05) is 19.6 Å². The van der Waals surface area contributed by atoms with Gasteiger partial charge in [-0.3, -0.25) is 0 Å². The van der Waals surface area contributed by atoms with E-state index in [4.69, 9.17) is 28.9 Å². The Hall–Kier alpha value is -0.0400. The Morgan fingerprint density at radius 2 is 1.90 bits per heavy atom. The van der Waals surface area contributed by atoms with Crippen molar-refractivity contribution in [3.8, 4) is 0 Å². The molecule has 1 saturated heterocycles. The zero-order valence-electron chi connectivity index (χ0n) is 11.0. The number of nitrogens with zero attached hydrogens (tertiary/aromatic N) is 1. The predicted octanol–water partition coefficient (Wildman–Crippen LogP) is 2.69.